The first-order valence-corrected chi connectivity index (χ1v) is 10.1. The molecule has 1 amide bonds. The molecular formula is C23H28N6O. The van der Waals surface area contributed by atoms with E-state index >= 15 is 0 Å². The van der Waals surface area contributed by atoms with E-state index in [2.05, 4.69) is 30.2 Å². The number of aromatic amines is 1. The van der Waals surface area contributed by atoms with Crippen LogP contribution in [-0.2, 0) is 11.2 Å². The number of rotatable bonds is 4. The van der Waals surface area contributed by atoms with Crippen LogP contribution in [-0.4, -0.2) is 30.8 Å². The number of carbonyl (C=O) groups excluding carboxylic acids is 1. The molecule has 156 valence electrons. The summed E-state index contributed by atoms with van der Waals surface area (Å²) in [5, 5.41) is 3.83. The number of benzene rings is 1. The van der Waals surface area contributed by atoms with E-state index in [1.807, 2.05) is 65.0 Å². The number of aryl methyl sites for hydroxylation is 1. The van der Waals surface area contributed by atoms with Gasteiger partial charge in [0.15, 0.2) is 0 Å². The van der Waals surface area contributed by atoms with E-state index in [1.54, 1.807) is 18.6 Å². The maximum absolute atomic E-state index is 12.1. The molecule has 3 aromatic heterocycles. The minimum Gasteiger partial charge on any atom is -0.339 e. The van der Waals surface area contributed by atoms with E-state index in [1.165, 1.54) is 6.33 Å². The molecule has 0 atom stereocenters. The SMILES string of the molecule is CC.CC.Cc1cnc(CC(=O)Nc2ccc(-c3cc4cncnc4[nH]3)cc2)cn1. The first-order chi connectivity index (χ1) is 14.7. The second-order valence-corrected chi connectivity index (χ2v) is 5.96. The first kappa shape index (κ1) is 22.7. The van der Waals surface area contributed by atoms with Crippen molar-refractivity contribution in [2.45, 2.75) is 41.0 Å². The van der Waals surface area contributed by atoms with Gasteiger partial charge in [0.1, 0.15) is 12.0 Å². The molecule has 2 N–H and O–H groups in total. The van der Waals surface area contributed by atoms with Crippen molar-refractivity contribution in [3.8, 4) is 11.3 Å². The van der Waals surface area contributed by atoms with E-state index in [9.17, 15) is 4.79 Å². The Balaban J connectivity index is 0.000000757. The molecule has 7 nitrogen and oxygen atoms in total. The third-order valence-electron chi connectivity index (χ3n) is 3.95. The van der Waals surface area contributed by atoms with Crippen molar-refractivity contribution in [2.24, 2.45) is 0 Å². The fourth-order valence-electron chi connectivity index (χ4n) is 2.64. The second kappa shape index (κ2) is 11.4. The number of hydrogen-bond acceptors (Lipinski definition) is 5. The van der Waals surface area contributed by atoms with Gasteiger partial charge < -0.3 is 10.3 Å². The van der Waals surface area contributed by atoms with Crippen molar-refractivity contribution < 1.29 is 4.79 Å². The van der Waals surface area contributed by atoms with Crippen LogP contribution in [0.2, 0.25) is 0 Å². The minimum atomic E-state index is -0.128. The Bertz CT molecular complexity index is 1020. The number of nitrogens with one attached hydrogen (secondary N) is 2. The molecular weight excluding hydrogens is 376 g/mol. The predicted molar refractivity (Wildman–Crippen MR) is 121 cm³/mol. The van der Waals surface area contributed by atoms with Crippen molar-refractivity contribution in [1.82, 2.24) is 24.9 Å². The van der Waals surface area contributed by atoms with Crippen LogP contribution in [0.3, 0.4) is 0 Å². The van der Waals surface area contributed by atoms with E-state index in [4.69, 9.17) is 0 Å². The highest BCUT2D eigenvalue weighted by molar-refractivity contribution is 5.92. The molecule has 0 radical (unpaired) electrons. The Morgan fingerprint density at radius 3 is 2.33 bits per heavy atom. The van der Waals surface area contributed by atoms with Crippen LogP contribution in [0.1, 0.15) is 39.1 Å². The van der Waals surface area contributed by atoms with Crippen LogP contribution < -0.4 is 5.32 Å². The van der Waals surface area contributed by atoms with Crippen LogP contribution in [0.5, 0.6) is 0 Å². The lowest BCUT2D eigenvalue weighted by molar-refractivity contribution is -0.115. The van der Waals surface area contributed by atoms with Gasteiger partial charge in [-0.25, -0.2) is 9.97 Å². The van der Waals surface area contributed by atoms with Crippen molar-refractivity contribution in [2.75, 3.05) is 5.32 Å². The molecule has 0 spiro atoms. The lowest BCUT2D eigenvalue weighted by atomic mass is 10.1. The molecule has 0 bridgehead atoms. The average Bonchev–Trinajstić information content (AvgIpc) is 3.23. The topological polar surface area (TPSA) is 96.5 Å². The second-order valence-electron chi connectivity index (χ2n) is 5.96. The summed E-state index contributed by atoms with van der Waals surface area (Å²) in [6, 6.07) is 9.62. The summed E-state index contributed by atoms with van der Waals surface area (Å²) in [7, 11) is 0. The van der Waals surface area contributed by atoms with Crippen molar-refractivity contribution >= 4 is 22.6 Å². The number of hydrogen-bond donors (Lipinski definition) is 2. The summed E-state index contributed by atoms with van der Waals surface area (Å²) < 4.78 is 0. The van der Waals surface area contributed by atoms with Gasteiger partial charge in [-0.2, -0.15) is 0 Å². The Morgan fingerprint density at radius 2 is 1.70 bits per heavy atom. The predicted octanol–water partition coefficient (Wildman–Crippen LogP) is 4.96. The van der Waals surface area contributed by atoms with Crippen molar-refractivity contribution in [1.29, 1.82) is 0 Å². The highest BCUT2D eigenvalue weighted by Gasteiger charge is 2.07. The monoisotopic (exact) mass is 404 g/mol. The molecule has 30 heavy (non-hydrogen) atoms. The van der Waals surface area contributed by atoms with E-state index in [0.29, 0.717) is 5.69 Å². The normalized spacial score (nSPS) is 9.77. The summed E-state index contributed by atoms with van der Waals surface area (Å²) >= 11 is 0. The zero-order valence-electron chi connectivity index (χ0n) is 18.1. The third kappa shape index (κ3) is 5.94. The molecule has 0 aliphatic rings. The van der Waals surface area contributed by atoms with Gasteiger partial charge in [-0.3, -0.25) is 14.8 Å². The molecule has 0 saturated carbocycles. The lowest BCUT2D eigenvalue weighted by Gasteiger charge is -2.06. The highest BCUT2D eigenvalue weighted by atomic mass is 16.1. The van der Waals surface area contributed by atoms with Gasteiger partial charge in [-0.05, 0) is 30.7 Å². The van der Waals surface area contributed by atoms with Gasteiger partial charge in [0.25, 0.3) is 0 Å². The van der Waals surface area contributed by atoms with Crippen LogP contribution in [0.15, 0.2) is 55.2 Å². The van der Waals surface area contributed by atoms with E-state index in [0.717, 1.165) is 33.7 Å². The van der Waals surface area contributed by atoms with Gasteiger partial charge in [0.2, 0.25) is 5.91 Å². The van der Waals surface area contributed by atoms with Gasteiger partial charge in [0.05, 0.1) is 17.8 Å². The summed E-state index contributed by atoms with van der Waals surface area (Å²) in [5.74, 6) is -0.128. The Hall–Kier alpha value is -3.61. The van der Waals surface area contributed by atoms with Gasteiger partial charge in [-0.1, -0.05) is 39.8 Å². The summed E-state index contributed by atoms with van der Waals surface area (Å²) in [5.41, 5.74) is 4.96. The largest absolute Gasteiger partial charge is 0.339 e. The van der Waals surface area contributed by atoms with Gasteiger partial charge in [-0.15, -0.1) is 0 Å². The van der Waals surface area contributed by atoms with Crippen molar-refractivity contribution in [3.63, 3.8) is 0 Å². The molecule has 0 aliphatic carbocycles. The molecule has 7 heteroatoms. The van der Waals surface area contributed by atoms with Gasteiger partial charge >= 0.3 is 0 Å². The maximum atomic E-state index is 12.1. The number of carbonyl (C=O) groups is 1. The fraction of sp³-hybridized carbons (Fsp3) is 0.261. The molecule has 4 aromatic rings. The Morgan fingerprint density at radius 1 is 0.967 bits per heavy atom. The number of anilines is 1. The number of nitrogens with zero attached hydrogens (tertiary/aromatic N) is 4. The lowest BCUT2D eigenvalue weighted by Crippen LogP contribution is -2.15. The molecule has 3 heterocycles. The minimum absolute atomic E-state index is 0.128. The molecule has 0 saturated heterocycles. The van der Waals surface area contributed by atoms with Crippen LogP contribution >= 0.6 is 0 Å². The summed E-state index contributed by atoms with van der Waals surface area (Å²) in [6.07, 6.45) is 6.75. The number of fused-ring (bicyclic) bond motifs is 1. The van der Waals surface area contributed by atoms with E-state index < -0.39 is 0 Å². The zero-order valence-corrected chi connectivity index (χ0v) is 18.1. The van der Waals surface area contributed by atoms with Crippen LogP contribution in [0.4, 0.5) is 5.69 Å². The smallest absolute Gasteiger partial charge is 0.230 e. The standard InChI is InChI=1S/C19H16N6O.2C2H6/c1-12-8-22-16(10-21-12)7-18(26)24-15-4-2-13(3-5-15)17-6-14-9-20-11-23-19(14)25-17;2*1-2/h2-6,8-11H,7H2,1H3,(H,24,26)(H,20,23,25);2*1-2H3. The quantitative estimate of drug-likeness (QED) is 0.501. The zero-order chi connectivity index (χ0) is 21.9. The van der Waals surface area contributed by atoms with Gasteiger partial charge in [0, 0.05) is 35.4 Å². The molecule has 1 aromatic carbocycles. The third-order valence-corrected chi connectivity index (χ3v) is 3.95. The molecule has 4 rings (SSSR count). The highest BCUT2D eigenvalue weighted by Crippen LogP contribution is 2.24. The average molecular weight is 405 g/mol. The Labute approximate surface area is 177 Å². The Kier molecular flexibility index (Phi) is 8.62. The first-order valence-electron chi connectivity index (χ1n) is 10.1. The summed E-state index contributed by atoms with van der Waals surface area (Å²) in [6.45, 7) is 9.86. The number of amides is 1. The molecule has 0 fully saturated rings. The number of H-pyrrole nitrogens is 1. The molecule has 0 aliphatic heterocycles. The molecule has 0 unspecified atom stereocenters. The summed E-state index contributed by atoms with van der Waals surface area (Å²) in [4.78, 5) is 31.9. The fourth-order valence-corrected chi connectivity index (χ4v) is 2.64. The maximum Gasteiger partial charge on any atom is 0.230 e. The number of aromatic nitrogens is 5. The van der Waals surface area contributed by atoms with E-state index in [-0.39, 0.29) is 12.3 Å². The van der Waals surface area contributed by atoms with Crippen LogP contribution in [0, 0.1) is 6.92 Å². The van der Waals surface area contributed by atoms with Crippen molar-refractivity contribution in [3.05, 3.63) is 66.6 Å². The van der Waals surface area contributed by atoms with Crippen LogP contribution in [0.25, 0.3) is 22.3 Å².